The molecule has 2 aromatic rings. The molecule has 0 saturated carbocycles. The number of hydrogen-bond acceptors (Lipinski definition) is 6. The quantitative estimate of drug-likeness (QED) is 0.390. The number of nitrogens with one attached hydrogen (secondary N) is 2. The third-order valence-electron chi connectivity index (χ3n) is 3.62. The summed E-state index contributed by atoms with van der Waals surface area (Å²) in [4.78, 5) is 33.8. The van der Waals surface area contributed by atoms with Crippen LogP contribution in [-0.4, -0.2) is 30.0 Å². The second-order valence-electron chi connectivity index (χ2n) is 5.70. The second kappa shape index (κ2) is 9.53. The van der Waals surface area contributed by atoms with Crippen molar-refractivity contribution in [2.75, 3.05) is 23.8 Å². The molecule has 2 N–H and O–H groups in total. The summed E-state index contributed by atoms with van der Waals surface area (Å²) in [7, 11) is 0. The molecule has 0 fully saturated rings. The number of halogens is 3. The van der Waals surface area contributed by atoms with Crippen molar-refractivity contribution in [2.24, 2.45) is 0 Å². The summed E-state index contributed by atoms with van der Waals surface area (Å²) in [6.07, 6.45) is -4.86. The molecule has 0 heterocycles. The molecule has 1 amide bonds. The van der Waals surface area contributed by atoms with Crippen LogP contribution in [0.4, 0.5) is 30.2 Å². The summed E-state index contributed by atoms with van der Waals surface area (Å²) in [5, 5.41) is 15.6. The lowest BCUT2D eigenvalue weighted by molar-refractivity contribution is -0.384. The first-order valence-corrected chi connectivity index (χ1v) is 8.27. The average molecular weight is 411 g/mol. The normalized spacial score (nSPS) is 10.9. The smallest absolute Gasteiger partial charge is 0.418 e. The van der Waals surface area contributed by atoms with Crippen molar-refractivity contribution in [3.8, 4) is 0 Å². The molecule has 0 spiro atoms. The Balaban J connectivity index is 1.80. The third-order valence-corrected chi connectivity index (χ3v) is 3.62. The van der Waals surface area contributed by atoms with E-state index in [4.69, 9.17) is 4.74 Å². The fourth-order valence-electron chi connectivity index (χ4n) is 2.33. The number of alkyl halides is 3. The van der Waals surface area contributed by atoms with Crippen LogP contribution in [0.25, 0.3) is 0 Å². The van der Waals surface area contributed by atoms with Crippen LogP contribution in [0.15, 0.2) is 48.5 Å². The monoisotopic (exact) mass is 411 g/mol. The van der Waals surface area contributed by atoms with Crippen LogP contribution in [0.3, 0.4) is 0 Å². The summed E-state index contributed by atoms with van der Waals surface area (Å²) < 4.78 is 43.4. The van der Waals surface area contributed by atoms with E-state index in [1.807, 2.05) is 5.32 Å². The number of carbonyl (C=O) groups excluding carboxylic acids is 2. The van der Waals surface area contributed by atoms with Crippen molar-refractivity contribution < 1.29 is 32.4 Å². The van der Waals surface area contributed by atoms with E-state index in [0.717, 1.165) is 12.1 Å². The number of anilines is 2. The molecule has 0 saturated heterocycles. The minimum absolute atomic E-state index is 0.00220. The number of esters is 1. The number of para-hydroxylation sites is 3. The van der Waals surface area contributed by atoms with Crippen molar-refractivity contribution in [1.29, 1.82) is 0 Å². The van der Waals surface area contributed by atoms with Gasteiger partial charge < -0.3 is 15.4 Å². The van der Waals surface area contributed by atoms with E-state index in [0.29, 0.717) is 0 Å². The predicted molar refractivity (Wildman–Crippen MR) is 97.2 cm³/mol. The van der Waals surface area contributed by atoms with Crippen molar-refractivity contribution in [2.45, 2.75) is 12.6 Å². The van der Waals surface area contributed by atoms with Gasteiger partial charge in [-0.1, -0.05) is 24.3 Å². The van der Waals surface area contributed by atoms with Crippen LogP contribution in [0.1, 0.15) is 12.0 Å². The van der Waals surface area contributed by atoms with E-state index in [2.05, 4.69) is 5.32 Å². The van der Waals surface area contributed by atoms with E-state index in [-0.39, 0.29) is 24.3 Å². The van der Waals surface area contributed by atoms with Crippen LogP contribution in [0.2, 0.25) is 0 Å². The van der Waals surface area contributed by atoms with E-state index in [1.165, 1.54) is 30.3 Å². The van der Waals surface area contributed by atoms with E-state index in [9.17, 15) is 32.9 Å². The van der Waals surface area contributed by atoms with Gasteiger partial charge in [0.2, 0.25) is 0 Å². The number of carbonyl (C=O) groups is 2. The van der Waals surface area contributed by atoms with Crippen molar-refractivity contribution >= 4 is 28.9 Å². The number of nitrogens with zero attached hydrogens (tertiary/aromatic N) is 1. The Bertz CT molecular complexity index is 902. The zero-order valence-corrected chi connectivity index (χ0v) is 14.9. The average Bonchev–Trinajstić information content (AvgIpc) is 2.66. The molecule has 0 aliphatic heterocycles. The molecule has 0 aromatic heterocycles. The maximum absolute atomic E-state index is 12.9. The highest BCUT2D eigenvalue weighted by molar-refractivity contribution is 5.93. The molecule has 11 heteroatoms. The van der Waals surface area contributed by atoms with Crippen molar-refractivity contribution in [3.05, 3.63) is 64.2 Å². The standard InChI is InChI=1S/C18H16F3N3O5/c19-18(20,21)12-5-1-2-6-13(12)23-16(25)11-29-17(26)9-10-22-14-7-3-4-8-15(14)24(27)28/h1-8,22H,9-11H2,(H,23,25). The van der Waals surface area contributed by atoms with Crippen LogP contribution < -0.4 is 10.6 Å². The molecule has 29 heavy (non-hydrogen) atoms. The fraction of sp³-hybridized carbons (Fsp3) is 0.222. The summed E-state index contributed by atoms with van der Waals surface area (Å²) in [6.45, 7) is -0.765. The van der Waals surface area contributed by atoms with Gasteiger partial charge in [0.05, 0.1) is 22.6 Å². The largest absolute Gasteiger partial charge is 0.456 e. The molecule has 0 unspecified atom stereocenters. The number of amides is 1. The molecule has 0 aliphatic carbocycles. The van der Waals surface area contributed by atoms with Gasteiger partial charge in [0, 0.05) is 12.6 Å². The molecule has 0 atom stereocenters. The van der Waals surface area contributed by atoms with Gasteiger partial charge in [-0.2, -0.15) is 13.2 Å². The Hall–Kier alpha value is -3.63. The second-order valence-corrected chi connectivity index (χ2v) is 5.70. The fourth-order valence-corrected chi connectivity index (χ4v) is 2.33. The minimum Gasteiger partial charge on any atom is -0.456 e. The van der Waals surface area contributed by atoms with Gasteiger partial charge in [0.15, 0.2) is 6.61 Å². The number of nitro benzene ring substituents is 1. The molecule has 0 aliphatic rings. The molecule has 8 nitrogen and oxygen atoms in total. The highest BCUT2D eigenvalue weighted by Gasteiger charge is 2.33. The Labute approximate surface area is 162 Å². The van der Waals surface area contributed by atoms with E-state index >= 15 is 0 Å². The minimum atomic E-state index is -4.65. The SMILES string of the molecule is O=C(COC(=O)CCNc1ccccc1[N+](=O)[O-])Nc1ccccc1C(F)(F)F. The van der Waals surface area contributed by atoms with Gasteiger partial charge >= 0.3 is 12.1 Å². The van der Waals surface area contributed by atoms with Crippen LogP contribution in [0.5, 0.6) is 0 Å². The maximum atomic E-state index is 12.9. The number of rotatable bonds is 8. The molecule has 2 rings (SSSR count). The number of ether oxygens (including phenoxy) is 1. The highest BCUT2D eigenvalue weighted by Crippen LogP contribution is 2.34. The molecule has 2 aromatic carbocycles. The van der Waals surface area contributed by atoms with Gasteiger partial charge in [-0.15, -0.1) is 0 Å². The topological polar surface area (TPSA) is 111 Å². The first-order chi connectivity index (χ1) is 13.7. The van der Waals surface area contributed by atoms with E-state index in [1.54, 1.807) is 6.07 Å². The van der Waals surface area contributed by atoms with Gasteiger partial charge in [-0.25, -0.2) is 0 Å². The van der Waals surface area contributed by atoms with Gasteiger partial charge in [-0.05, 0) is 18.2 Å². The Morgan fingerprint density at radius 2 is 1.66 bits per heavy atom. The Kier molecular flexibility index (Phi) is 7.12. The Morgan fingerprint density at radius 3 is 2.31 bits per heavy atom. The maximum Gasteiger partial charge on any atom is 0.418 e. The summed E-state index contributed by atoms with van der Waals surface area (Å²) in [5.74, 6) is -1.72. The first-order valence-electron chi connectivity index (χ1n) is 8.27. The van der Waals surface area contributed by atoms with Crippen LogP contribution >= 0.6 is 0 Å². The summed E-state index contributed by atoms with van der Waals surface area (Å²) in [6, 6.07) is 10.2. The lowest BCUT2D eigenvalue weighted by atomic mass is 10.1. The van der Waals surface area contributed by atoms with E-state index < -0.39 is 40.8 Å². The third kappa shape index (κ3) is 6.48. The van der Waals surface area contributed by atoms with Crippen molar-refractivity contribution in [1.82, 2.24) is 0 Å². The van der Waals surface area contributed by atoms with Crippen LogP contribution in [0, 0.1) is 10.1 Å². The zero-order chi connectivity index (χ0) is 21.4. The van der Waals surface area contributed by atoms with Gasteiger partial charge in [0.1, 0.15) is 5.69 Å². The number of nitro groups is 1. The number of hydrogen-bond donors (Lipinski definition) is 2. The number of benzene rings is 2. The molecule has 0 radical (unpaired) electrons. The highest BCUT2D eigenvalue weighted by atomic mass is 19.4. The zero-order valence-electron chi connectivity index (χ0n) is 14.9. The summed E-state index contributed by atoms with van der Waals surface area (Å²) >= 11 is 0. The van der Waals surface area contributed by atoms with Gasteiger partial charge in [0.25, 0.3) is 11.6 Å². The summed E-state index contributed by atoms with van der Waals surface area (Å²) in [5.41, 5.74) is -1.41. The lowest BCUT2D eigenvalue weighted by Crippen LogP contribution is -2.23. The predicted octanol–water partition coefficient (Wildman–Crippen LogP) is 3.60. The molecular weight excluding hydrogens is 395 g/mol. The Morgan fingerprint density at radius 1 is 1.03 bits per heavy atom. The van der Waals surface area contributed by atoms with Gasteiger partial charge in [-0.3, -0.25) is 19.7 Å². The molecule has 0 bridgehead atoms. The van der Waals surface area contributed by atoms with Crippen molar-refractivity contribution in [3.63, 3.8) is 0 Å². The van der Waals surface area contributed by atoms with Crippen LogP contribution in [-0.2, 0) is 20.5 Å². The molecular formula is C18H16F3N3O5. The lowest BCUT2D eigenvalue weighted by Gasteiger charge is -2.13. The first kappa shape index (κ1) is 21.7. The molecule has 154 valence electrons.